The largest absolute Gasteiger partial charge is 0.370 e. The van der Waals surface area contributed by atoms with Crippen LogP contribution in [0.5, 0.6) is 0 Å². The van der Waals surface area contributed by atoms with Gasteiger partial charge in [0, 0.05) is 18.5 Å². The van der Waals surface area contributed by atoms with E-state index in [1.165, 1.54) is 0 Å². The maximum atomic E-state index is 11.3. The van der Waals surface area contributed by atoms with E-state index in [1.54, 1.807) is 24.3 Å². The molecule has 0 aromatic heterocycles. The molecule has 0 aliphatic heterocycles. The molecule has 0 aliphatic carbocycles. The number of nitrogens with two attached hydrogens (primary N) is 1. The lowest BCUT2D eigenvalue weighted by atomic mass is 10.2. The van der Waals surface area contributed by atoms with Gasteiger partial charge < -0.3 is 11.1 Å². The standard InChI is InChI=1S/C11H11N3O2/c12-7-8-2-1-3-9(6-8)14-11(16)5-4-10(13)15/h1-3,6H,4-5H2,(H2,13,15)(H,14,16). The zero-order valence-electron chi connectivity index (χ0n) is 8.56. The van der Waals surface area contributed by atoms with Gasteiger partial charge in [0.05, 0.1) is 11.6 Å². The third kappa shape index (κ3) is 3.80. The Morgan fingerprint density at radius 2 is 2.12 bits per heavy atom. The second-order valence-electron chi connectivity index (χ2n) is 3.21. The summed E-state index contributed by atoms with van der Waals surface area (Å²) in [5.74, 6) is -0.810. The van der Waals surface area contributed by atoms with Crippen LogP contribution in [-0.2, 0) is 9.59 Å². The molecule has 0 fully saturated rings. The third-order valence-corrected chi connectivity index (χ3v) is 1.87. The van der Waals surface area contributed by atoms with E-state index in [-0.39, 0.29) is 18.7 Å². The quantitative estimate of drug-likeness (QED) is 0.779. The summed E-state index contributed by atoms with van der Waals surface area (Å²) in [6.07, 6.45) is 0.0654. The van der Waals surface area contributed by atoms with E-state index in [1.807, 2.05) is 6.07 Å². The number of nitrogens with one attached hydrogen (secondary N) is 1. The van der Waals surface area contributed by atoms with Crippen LogP contribution in [0.1, 0.15) is 18.4 Å². The fourth-order valence-electron chi connectivity index (χ4n) is 1.13. The molecule has 82 valence electrons. The van der Waals surface area contributed by atoms with Crippen molar-refractivity contribution in [2.24, 2.45) is 5.73 Å². The van der Waals surface area contributed by atoms with Crippen molar-refractivity contribution in [3.05, 3.63) is 29.8 Å². The number of amides is 2. The Labute approximate surface area is 92.9 Å². The van der Waals surface area contributed by atoms with E-state index in [4.69, 9.17) is 11.0 Å². The monoisotopic (exact) mass is 217 g/mol. The number of primary amides is 1. The van der Waals surface area contributed by atoms with Crippen LogP contribution in [0, 0.1) is 11.3 Å². The van der Waals surface area contributed by atoms with E-state index >= 15 is 0 Å². The van der Waals surface area contributed by atoms with Crippen molar-refractivity contribution < 1.29 is 9.59 Å². The fraction of sp³-hybridized carbons (Fsp3) is 0.182. The highest BCUT2D eigenvalue weighted by atomic mass is 16.2. The van der Waals surface area contributed by atoms with Gasteiger partial charge in [-0.15, -0.1) is 0 Å². The molecule has 0 radical (unpaired) electrons. The number of nitriles is 1. The van der Waals surface area contributed by atoms with Crippen LogP contribution in [0.3, 0.4) is 0 Å². The number of hydrogen-bond donors (Lipinski definition) is 2. The molecule has 0 saturated heterocycles. The first-order valence-electron chi connectivity index (χ1n) is 4.70. The molecular weight excluding hydrogens is 206 g/mol. The van der Waals surface area contributed by atoms with Gasteiger partial charge >= 0.3 is 0 Å². The smallest absolute Gasteiger partial charge is 0.224 e. The van der Waals surface area contributed by atoms with Gasteiger partial charge in [-0.25, -0.2) is 0 Å². The molecule has 5 nitrogen and oxygen atoms in total. The summed E-state index contributed by atoms with van der Waals surface area (Å²) < 4.78 is 0. The van der Waals surface area contributed by atoms with Crippen molar-refractivity contribution in [3.8, 4) is 6.07 Å². The SMILES string of the molecule is N#Cc1cccc(NC(=O)CCC(N)=O)c1. The number of nitrogens with zero attached hydrogens (tertiary/aromatic N) is 1. The molecule has 0 unspecified atom stereocenters. The van der Waals surface area contributed by atoms with Crippen molar-refractivity contribution in [3.63, 3.8) is 0 Å². The average molecular weight is 217 g/mol. The maximum Gasteiger partial charge on any atom is 0.224 e. The van der Waals surface area contributed by atoms with Gasteiger partial charge in [0.1, 0.15) is 0 Å². The van der Waals surface area contributed by atoms with Gasteiger partial charge in [0.15, 0.2) is 0 Å². The lowest BCUT2D eigenvalue weighted by Gasteiger charge is -2.04. The number of carbonyl (C=O) groups excluding carboxylic acids is 2. The first kappa shape index (κ1) is 11.7. The molecule has 0 aliphatic rings. The maximum absolute atomic E-state index is 11.3. The van der Waals surface area contributed by atoms with Crippen LogP contribution in [0.4, 0.5) is 5.69 Å². The Hall–Kier alpha value is -2.35. The van der Waals surface area contributed by atoms with Gasteiger partial charge in [-0.3, -0.25) is 9.59 Å². The number of carbonyl (C=O) groups is 2. The molecule has 1 aromatic carbocycles. The topological polar surface area (TPSA) is 96.0 Å². The summed E-state index contributed by atoms with van der Waals surface area (Å²) in [6.45, 7) is 0. The third-order valence-electron chi connectivity index (χ3n) is 1.87. The lowest BCUT2D eigenvalue weighted by molar-refractivity contribution is -0.122. The van der Waals surface area contributed by atoms with Crippen molar-refractivity contribution in [1.29, 1.82) is 5.26 Å². The van der Waals surface area contributed by atoms with Crippen LogP contribution in [0.15, 0.2) is 24.3 Å². The van der Waals surface area contributed by atoms with Crippen LogP contribution >= 0.6 is 0 Å². The average Bonchev–Trinajstić information content (AvgIpc) is 2.26. The van der Waals surface area contributed by atoms with E-state index in [2.05, 4.69) is 5.32 Å². The van der Waals surface area contributed by atoms with Crippen LogP contribution in [-0.4, -0.2) is 11.8 Å². The predicted octanol–water partition coefficient (Wildman–Crippen LogP) is 0.762. The molecular formula is C11H11N3O2. The molecule has 1 rings (SSSR count). The van der Waals surface area contributed by atoms with Gasteiger partial charge in [0.25, 0.3) is 0 Å². The second-order valence-corrected chi connectivity index (χ2v) is 3.21. The summed E-state index contributed by atoms with van der Waals surface area (Å²) in [7, 11) is 0. The predicted molar refractivity (Wildman–Crippen MR) is 58.2 cm³/mol. The zero-order chi connectivity index (χ0) is 12.0. The Balaban J connectivity index is 2.56. The summed E-state index contributed by atoms with van der Waals surface area (Å²) in [5, 5.41) is 11.2. The molecule has 0 bridgehead atoms. The normalized spacial score (nSPS) is 9.19. The van der Waals surface area contributed by atoms with Crippen molar-refractivity contribution in [2.75, 3.05) is 5.32 Å². The summed E-state index contributed by atoms with van der Waals surface area (Å²) in [6, 6.07) is 8.50. The number of hydrogen-bond acceptors (Lipinski definition) is 3. The van der Waals surface area contributed by atoms with Crippen molar-refractivity contribution in [1.82, 2.24) is 0 Å². The Morgan fingerprint density at radius 1 is 1.38 bits per heavy atom. The highest BCUT2D eigenvalue weighted by Gasteiger charge is 2.04. The molecule has 1 aromatic rings. The van der Waals surface area contributed by atoms with Crippen LogP contribution in [0.25, 0.3) is 0 Å². The van der Waals surface area contributed by atoms with E-state index in [9.17, 15) is 9.59 Å². The first-order chi connectivity index (χ1) is 7.61. The molecule has 0 atom stereocenters. The van der Waals surface area contributed by atoms with E-state index in [0.717, 1.165) is 0 Å². The number of anilines is 1. The molecule has 0 saturated carbocycles. The first-order valence-corrected chi connectivity index (χ1v) is 4.70. The minimum Gasteiger partial charge on any atom is -0.370 e. The van der Waals surface area contributed by atoms with Gasteiger partial charge in [0.2, 0.25) is 11.8 Å². The minimum absolute atomic E-state index is 0.0176. The highest BCUT2D eigenvalue weighted by molar-refractivity contribution is 5.93. The van der Waals surface area contributed by atoms with Crippen LogP contribution in [0.2, 0.25) is 0 Å². The molecule has 2 amide bonds. The number of rotatable bonds is 4. The molecule has 16 heavy (non-hydrogen) atoms. The molecule has 5 heteroatoms. The Bertz CT molecular complexity index is 449. The second kappa shape index (κ2) is 5.51. The summed E-state index contributed by atoms with van der Waals surface area (Å²) in [4.78, 5) is 21.8. The van der Waals surface area contributed by atoms with Gasteiger partial charge in [-0.1, -0.05) is 6.07 Å². The fourth-order valence-corrected chi connectivity index (χ4v) is 1.13. The lowest BCUT2D eigenvalue weighted by Crippen LogP contribution is -2.17. The molecule has 0 spiro atoms. The Kier molecular flexibility index (Phi) is 4.04. The Morgan fingerprint density at radius 3 is 2.75 bits per heavy atom. The molecule has 3 N–H and O–H groups in total. The van der Waals surface area contributed by atoms with Crippen LogP contribution < -0.4 is 11.1 Å². The van der Waals surface area contributed by atoms with Crippen molar-refractivity contribution >= 4 is 17.5 Å². The molecule has 0 heterocycles. The van der Waals surface area contributed by atoms with Crippen molar-refractivity contribution in [2.45, 2.75) is 12.8 Å². The minimum atomic E-state index is -0.513. The number of benzene rings is 1. The highest BCUT2D eigenvalue weighted by Crippen LogP contribution is 2.10. The van der Waals surface area contributed by atoms with E-state index < -0.39 is 5.91 Å². The van der Waals surface area contributed by atoms with Gasteiger partial charge in [-0.2, -0.15) is 5.26 Å². The van der Waals surface area contributed by atoms with Gasteiger partial charge in [-0.05, 0) is 18.2 Å². The van der Waals surface area contributed by atoms with E-state index in [0.29, 0.717) is 11.3 Å². The summed E-state index contributed by atoms with van der Waals surface area (Å²) >= 11 is 0. The summed E-state index contributed by atoms with van der Waals surface area (Å²) in [5.41, 5.74) is 5.92. The zero-order valence-corrected chi connectivity index (χ0v) is 8.56.